The molecule has 2 aliphatic heterocycles. The number of nitrogens with zero attached hydrogens (tertiary/aromatic N) is 2. The van der Waals surface area contributed by atoms with Crippen LogP contribution in [0.15, 0.2) is 60.7 Å². The van der Waals surface area contributed by atoms with Crippen molar-refractivity contribution in [1.29, 1.82) is 0 Å². The van der Waals surface area contributed by atoms with Gasteiger partial charge in [0.2, 0.25) is 11.5 Å². The largest absolute Gasteiger partial charge is 0.274 e. The number of hydrogen-bond acceptors (Lipinski definition) is 6. The normalized spacial score (nSPS) is 21.8. The number of rotatable bonds is 3. The van der Waals surface area contributed by atoms with Gasteiger partial charge in [-0.05, 0) is 30.3 Å². The summed E-state index contributed by atoms with van der Waals surface area (Å²) in [5.41, 5.74) is 2.80. The van der Waals surface area contributed by atoms with Crippen LogP contribution in [-0.2, 0) is 14.4 Å². The van der Waals surface area contributed by atoms with Crippen LogP contribution >= 0.6 is 0 Å². The van der Waals surface area contributed by atoms with Crippen LogP contribution in [0.3, 0.4) is 0 Å². The number of non-ortho nitro benzene ring substituents is 1. The average molecular weight is 351 g/mol. The van der Waals surface area contributed by atoms with Gasteiger partial charge >= 0.3 is 0 Å². The second-order valence-corrected chi connectivity index (χ2v) is 6.00. The smallest absolute Gasteiger partial charge is 0.273 e. The summed E-state index contributed by atoms with van der Waals surface area (Å²) in [4.78, 5) is 42.1. The molecule has 1 N–H and O–H groups in total. The van der Waals surface area contributed by atoms with Gasteiger partial charge in [0.1, 0.15) is 0 Å². The Bertz CT molecular complexity index is 939. The molecule has 1 atom stereocenters. The fourth-order valence-corrected chi connectivity index (χ4v) is 3.06. The van der Waals surface area contributed by atoms with Gasteiger partial charge < -0.3 is 0 Å². The molecule has 2 heterocycles. The van der Waals surface area contributed by atoms with Gasteiger partial charge in [-0.1, -0.05) is 18.2 Å². The SMILES string of the molecule is O=C1C[C@]2(C=C(c3ccc([N+](=O)[O-])cc3)NO2)C(=O)N1c1ccccc1. The molecule has 8 nitrogen and oxygen atoms in total. The van der Waals surface area contributed by atoms with Crippen molar-refractivity contribution in [3.05, 3.63) is 76.4 Å². The van der Waals surface area contributed by atoms with Crippen LogP contribution in [0.25, 0.3) is 5.70 Å². The van der Waals surface area contributed by atoms with Crippen LogP contribution in [-0.4, -0.2) is 22.3 Å². The first-order valence-electron chi connectivity index (χ1n) is 7.84. The van der Waals surface area contributed by atoms with Gasteiger partial charge in [0, 0.05) is 17.7 Å². The van der Waals surface area contributed by atoms with Crippen LogP contribution < -0.4 is 10.4 Å². The van der Waals surface area contributed by atoms with Crippen molar-refractivity contribution in [2.24, 2.45) is 0 Å². The maximum atomic E-state index is 12.9. The molecule has 0 unspecified atom stereocenters. The number of nitrogens with one attached hydrogen (secondary N) is 1. The first-order valence-corrected chi connectivity index (χ1v) is 7.84. The van der Waals surface area contributed by atoms with E-state index in [0.29, 0.717) is 16.9 Å². The Morgan fingerprint density at radius 3 is 2.42 bits per heavy atom. The lowest BCUT2D eigenvalue weighted by Crippen LogP contribution is -2.40. The van der Waals surface area contributed by atoms with Gasteiger partial charge in [0.05, 0.1) is 22.7 Å². The van der Waals surface area contributed by atoms with E-state index in [1.807, 2.05) is 0 Å². The zero-order valence-electron chi connectivity index (χ0n) is 13.4. The molecule has 2 aromatic carbocycles. The Morgan fingerprint density at radius 1 is 1.08 bits per heavy atom. The van der Waals surface area contributed by atoms with Crippen LogP contribution in [0.5, 0.6) is 0 Å². The molecule has 1 fully saturated rings. The molecule has 0 aliphatic carbocycles. The Hall–Kier alpha value is -3.52. The van der Waals surface area contributed by atoms with Crippen molar-refractivity contribution in [3.8, 4) is 0 Å². The van der Waals surface area contributed by atoms with Gasteiger partial charge in [0.25, 0.3) is 11.6 Å². The number of hydroxylamine groups is 1. The van der Waals surface area contributed by atoms with Crippen molar-refractivity contribution >= 4 is 28.9 Å². The lowest BCUT2D eigenvalue weighted by molar-refractivity contribution is -0.384. The number of amides is 2. The molecule has 8 heteroatoms. The van der Waals surface area contributed by atoms with E-state index in [0.717, 1.165) is 4.90 Å². The molecule has 2 amide bonds. The molecule has 130 valence electrons. The van der Waals surface area contributed by atoms with E-state index in [2.05, 4.69) is 5.48 Å². The fourth-order valence-electron chi connectivity index (χ4n) is 3.06. The van der Waals surface area contributed by atoms with Gasteiger partial charge in [-0.3, -0.25) is 30.0 Å². The Labute approximate surface area is 147 Å². The molecule has 4 rings (SSSR count). The van der Waals surface area contributed by atoms with Crippen LogP contribution in [0.4, 0.5) is 11.4 Å². The number of carbonyl (C=O) groups excluding carboxylic acids is 2. The number of imide groups is 1. The predicted octanol–water partition coefficient (Wildman–Crippen LogP) is 2.17. The van der Waals surface area contributed by atoms with E-state index in [1.165, 1.54) is 12.1 Å². The van der Waals surface area contributed by atoms with Crippen molar-refractivity contribution in [2.45, 2.75) is 12.0 Å². The van der Waals surface area contributed by atoms with E-state index < -0.39 is 16.4 Å². The minimum atomic E-state index is -1.41. The van der Waals surface area contributed by atoms with Gasteiger partial charge in [-0.25, -0.2) is 4.90 Å². The second-order valence-electron chi connectivity index (χ2n) is 6.00. The quantitative estimate of drug-likeness (QED) is 0.517. The van der Waals surface area contributed by atoms with Crippen molar-refractivity contribution in [1.82, 2.24) is 5.48 Å². The first kappa shape index (κ1) is 16.0. The van der Waals surface area contributed by atoms with Gasteiger partial charge in [-0.2, -0.15) is 0 Å². The molecule has 0 bridgehead atoms. The zero-order chi connectivity index (χ0) is 18.3. The van der Waals surface area contributed by atoms with Crippen LogP contribution in [0.2, 0.25) is 0 Å². The number of para-hydroxylation sites is 1. The van der Waals surface area contributed by atoms with Crippen molar-refractivity contribution < 1.29 is 19.3 Å². The topological polar surface area (TPSA) is 102 Å². The maximum Gasteiger partial charge on any atom is 0.273 e. The minimum Gasteiger partial charge on any atom is -0.274 e. The highest BCUT2D eigenvalue weighted by atomic mass is 16.7. The van der Waals surface area contributed by atoms with Gasteiger partial charge in [0.15, 0.2) is 0 Å². The summed E-state index contributed by atoms with van der Waals surface area (Å²) in [5, 5.41) is 10.8. The minimum absolute atomic E-state index is 0.0367. The number of anilines is 1. The fraction of sp³-hybridized carbons (Fsp3) is 0.111. The highest BCUT2D eigenvalue weighted by Gasteiger charge is 2.55. The van der Waals surface area contributed by atoms with Crippen LogP contribution in [0.1, 0.15) is 12.0 Å². The highest BCUT2D eigenvalue weighted by molar-refractivity contribution is 6.25. The molecular weight excluding hydrogens is 338 g/mol. The second kappa shape index (κ2) is 5.78. The molecule has 1 saturated heterocycles. The Morgan fingerprint density at radius 2 is 1.77 bits per heavy atom. The average Bonchev–Trinajstić information content (AvgIpc) is 3.17. The Kier molecular flexibility index (Phi) is 3.55. The van der Waals surface area contributed by atoms with E-state index in [-0.39, 0.29) is 18.0 Å². The first-order chi connectivity index (χ1) is 12.5. The number of nitro groups is 1. The summed E-state index contributed by atoms with van der Waals surface area (Å²) < 4.78 is 0. The Balaban J connectivity index is 1.65. The summed E-state index contributed by atoms with van der Waals surface area (Å²) in [6.07, 6.45) is 1.43. The lowest BCUT2D eigenvalue weighted by Gasteiger charge is -2.18. The summed E-state index contributed by atoms with van der Waals surface area (Å²) in [6, 6.07) is 14.5. The summed E-state index contributed by atoms with van der Waals surface area (Å²) in [5.74, 6) is -0.831. The van der Waals surface area contributed by atoms with Gasteiger partial charge in [-0.15, -0.1) is 0 Å². The van der Waals surface area contributed by atoms with E-state index in [9.17, 15) is 19.7 Å². The van der Waals surface area contributed by atoms with E-state index in [4.69, 9.17) is 4.84 Å². The molecule has 0 radical (unpaired) electrons. The predicted molar refractivity (Wildman–Crippen MR) is 91.6 cm³/mol. The monoisotopic (exact) mass is 351 g/mol. The lowest BCUT2D eigenvalue weighted by atomic mass is 9.99. The summed E-state index contributed by atoms with van der Waals surface area (Å²) in [6.45, 7) is 0. The summed E-state index contributed by atoms with van der Waals surface area (Å²) >= 11 is 0. The van der Waals surface area contributed by atoms with Crippen LogP contribution in [0, 0.1) is 10.1 Å². The third-order valence-electron chi connectivity index (χ3n) is 4.35. The summed E-state index contributed by atoms with van der Waals surface area (Å²) in [7, 11) is 0. The molecule has 26 heavy (non-hydrogen) atoms. The molecule has 0 saturated carbocycles. The van der Waals surface area contributed by atoms with E-state index >= 15 is 0 Å². The molecule has 2 aromatic rings. The molecule has 0 aromatic heterocycles. The number of nitro benzene ring substituents is 1. The zero-order valence-corrected chi connectivity index (χ0v) is 13.4. The maximum absolute atomic E-state index is 12.9. The number of carbonyl (C=O) groups is 2. The number of benzene rings is 2. The third kappa shape index (κ3) is 2.44. The highest BCUT2D eigenvalue weighted by Crippen LogP contribution is 2.38. The molecule has 2 aliphatic rings. The number of hydrogen-bond donors (Lipinski definition) is 1. The van der Waals surface area contributed by atoms with E-state index in [1.54, 1.807) is 48.5 Å². The molecular formula is C18H13N3O5. The third-order valence-corrected chi connectivity index (χ3v) is 4.35. The van der Waals surface area contributed by atoms with Crippen molar-refractivity contribution in [2.75, 3.05) is 4.90 Å². The standard InChI is InChI=1S/C18H13N3O5/c22-16-11-18(17(23)20(16)13-4-2-1-3-5-13)10-15(19-26-18)12-6-8-14(9-7-12)21(24)25/h1-10,19H,11H2/t18-/m1/s1. The molecule has 1 spiro atoms. The van der Waals surface area contributed by atoms with Crippen molar-refractivity contribution in [3.63, 3.8) is 0 Å².